The first-order valence-corrected chi connectivity index (χ1v) is 7.91. The van der Waals surface area contributed by atoms with Gasteiger partial charge in [-0.15, -0.1) is 0 Å². The number of alkyl halides is 3. The average molecular weight is 379 g/mol. The largest absolute Gasteiger partial charge is 0.467 e. The minimum absolute atomic E-state index is 0.0616. The van der Waals surface area contributed by atoms with E-state index in [4.69, 9.17) is 9.26 Å². The quantitative estimate of drug-likeness (QED) is 0.722. The smallest absolute Gasteiger partial charge is 0.416 e. The summed E-state index contributed by atoms with van der Waals surface area (Å²) in [5.74, 6) is 0.989. The van der Waals surface area contributed by atoms with Crippen molar-refractivity contribution in [1.82, 2.24) is 20.1 Å². The van der Waals surface area contributed by atoms with E-state index in [1.165, 1.54) is 13.2 Å². The van der Waals surface area contributed by atoms with Gasteiger partial charge in [-0.2, -0.15) is 28.1 Å². The van der Waals surface area contributed by atoms with Gasteiger partial charge in [0.15, 0.2) is 5.82 Å². The molecule has 0 radical (unpaired) electrons. The first-order chi connectivity index (χ1) is 12.8. The predicted octanol–water partition coefficient (Wildman–Crippen LogP) is 3.78. The number of methoxy groups -OCH3 is 1. The standard InChI is InChI=1S/C17H16F3N5O2/c1-9-13(10(2)27-25-9)14-22-15(24-16(23-14)26-3)21-8-11-5-4-6-12(7-11)17(18,19)20/h4-7H,8H2,1-3H3,(H,21,22,23,24). The number of ether oxygens (including phenoxy) is 1. The van der Waals surface area contributed by atoms with E-state index in [1.54, 1.807) is 19.9 Å². The second kappa shape index (κ2) is 7.22. The molecular weight excluding hydrogens is 363 g/mol. The Bertz CT molecular complexity index is 936. The second-order valence-electron chi connectivity index (χ2n) is 5.72. The summed E-state index contributed by atoms with van der Waals surface area (Å²) in [7, 11) is 1.41. The molecule has 0 unspecified atom stereocenters. The zero-order valence-electron chi connectivity index (χ0n) is 14.8. The summed E-state index contributed by atoms with van der Waals surface area (Å²) in [6.45, 7) is 3.57. The topological polar surface area (TPSA) is 86.0 Å². The lowest BCUT2D eigenvalue weighted by atomic mass is 10.1. The predicted molar refractivity (Wildman–Crippen MR) is 90.1 cm³/mol. The monoisotopic (exact) mass is 379 g/mol. The van der Waals surface area contributed by atoms with E-state index < -0.39 is 11.7 Å². The molecule has 0 aliphatic rings. The number of halogens is 3. The molecule has 142 valence electrons. The van der Waals surface area contributed by atoms with Crippen LogP contribution in [0.2, 0.25) is 0 Å². The van der Waals surface area contributed by atoms with Gasteiger partial charge in [-0.25, -0.2) is 0 Å². The number of benzene rings is 1. The first kappa shape index (κ1) is 18.6. The van der Waals surface area contributed by atoms with E-state index in [-0.39, 0.29) is 18.5 Å². The van der Waals surface area contributed by atoms with Crippen molar-refractivity contribution >= 4 is 5.95 Å². The molecule has 0 aliphatic heterocycles. The summed E-state index contributed by atoms with van der Waals surface area (Å²) in [6, 6.07) is 5.08. The zero-order valence-corrected chi connectivity index (χ0v) is 14.8. The molecular formula is C17H16F3N5O2. The van der Waals surface area contributed by atoms with E-state index in [9.17, 15) is 13.2 Å². The maximum atomic E-state index is 12.8. The number of hydrogen-bond donors (Lipinski definition) is 1. The van der Waals surface area contributed by atoms with Crippen LogP contribution in [0, 0.1) is 13.8 Å². The molecule has 1 aromatic carbocycles. The molecule has 3 rings (SSSR count). The van der Waals surface area contributed by atoms with Gasteiger partial charge in [0, 0.05) is 6.54 Å². The zero-order chi connectivity index (χ0) is 19.6. The Hall–Kier alpha value is -3.17. The summed E-state index contributed by atoms with van der Waals surface area (Å²) in [4.78, 5) is 12.6. The highest BCUT2D eigenvalue weighted by atomic mass is 19.4. The summed E-state index contributed by atoms with van der Waals surface area (Å²) >= 11 is 0. The Labute approximate surface area is 152 Å². The van der Waals surface area contributed by atoms with Gasteiger partial charge >= 0.3 is 12.2 Å². The molecule has 2 aromatic heterocycles. The number of anilines is 1. The van der Waals surface area contributed by atoms with E-state index in [2.05, 4.69) is 25.4 Å². The third-order valence-corrected chi connectivity index (χ3v) is 3.76. The summed E-state index contributed by atoms with van der Waals surface area (Å²) < 4.78 is 48.7. The van der Waals surface area contributed by atoms with Gasteiger partial charge in [0.2, 0.25) is 5.95 Å². The molecule has 0 saturated heterocycles. The normalized spacial score (nSPS) is 11.5. The van der Waals surface area contributed by atoms with Crippen molar-refractivity contribution in [1.29, 1.82) is 0 Å². The molecule has 0 bridgehead atoms. The number of rotatable bonds is 5. The maximum Gasteiger partial charge on any atom is 0.416 e. The van der Waals surface area contributed by atoms with Crippen LogP contribution in [0.5, 0.6) is 6.01 Å². The van der Waals surface area contributed by atoms with Crippen molar-refractivity contribution in [3.8, 4) is 17.4 Å². The van der Waals surface area contributed by atoms with Gasteiger partial charge in [-0.3, -0.25) is 0 Å². The lowest BCUT2D eigenvalue weighted by Crippen LogP contribution is -2.09. The van der Waals surface area contributed by atoms with Crippen LogP contribution in [0.4, 0.5) is 19.1 Å². The second-order valence-corrected chi connectivity index (χ2v) is 5.72. The van der Waals surface area contributed by atoms with Crippen molar-refractivity contribution in [2.75, 3.05) is 12.4 Å². The molecule has 0 amide bonds. The molecule has 0 fully saturated rings. The van der Waals surface area contributed by atoms with E-state index in [0.717, 1.165) is 12.1 Å². The molecule has 0 spiro atoms. The van der Waals surface area contributed by atoms with Crippen LogP contribution >= 0.6 is 0 Å². The van der Waals surface area contributed by atoms with Crippen molar-refractivity contribution in [2.24, 2.45) is 0 Å². The lowest BCUT2D eigenvalue weighted by molar-refractivity contribution is -0.137. The Morgan fingerprint density at radius 2 is 1.93 bits per heavy atom. The third kappa shape index (κ3) is 4.15. The van der Waals surface area contributed by atoms with Crippen molar-refractivity contribution < 1.29 is 22.4 Å². The number of nitrogens with one attached hydrogen (secondary N) is 1. The molecule has 3 aromatic rings. The van der Waals surface area contributed by atoms with Crippen LogP contribution in [-0.4, -0.2) is 27.2 Å². The summed E-state index contributed by atoms with van der Waals surface area (Å²) in [5, 5.41) is 6.76. The molecule has 0 aliphatic carbocycles. The summed E-state index contributed by atoms with van der Waals surface area (Å²) in [5.41, 5.74) is 0.928. The molecule has 7 nitrogen and oxygen atoms in total. The van der Waals surface area contributed by atoms with Crippen LogP contribution in [0.25, 0.3) is 11.4 Å². The molecule has 0 saturated carbocycles. The van der Waals surface area contributed by atoms with E-state index in [0.29, 0.717) is 28.4 Å². The number of aromatic nitrogens is 4. The van der Waals surface area contributed by atoms with Crippen molar-refractivity contribution in [3.05, 3.63) is 46.8 Å². The minimum Gasteiger partial charge on any atom is -0.467 e. The Balaban J connectivity index is 1.87. The number of aryl methyl sites for hydroxylation is 2. The fraction of sp³-hybridized carbons (Fsp3) is 0.294. The van der Waals surface area contributed by atoms with Gasteiger partial charge in [-0.1, -0.05) is 17.3 Å². The average Bonchev–Trinajstić information content (AvgIpc) is 2.97. The van der Waals surface area contributed by atoms with Crippen LogP contribution in [0.3, 0.4) is 0 Å². The van der Waals surface area contributed by atoms with Crippen LogP contribution < -0.4 is 10.1 Å². The van der Waals surface area contributed by atoms with E-state index >= 15 is 0 Å². The Kier molecular flexibility index (Phi) is 4.98. The fourth-order valence-electron chi connectivity index (χ4n) is 2.48. The van der Waals surface area contributed by atoms with Crippen molar-refractivity contribution in [2.45, 2.75) is 26.6 Å². The highest BCUT2D eigenvalue weighted by Crippen LogP contribution is 2.30. The Morgan fingerprint density at radius 1 is 1.15 bits per heavy atom. The van der Waals surface area contributed by atoms with Crippen molar-refractivity contribution in [3.63, 3.8) is 0 Å². The fourth-order valence-corrected chi connectivity index (χ4v) is 2.48. The highest BCUT2D eigenvalue weighted by Gasteiger charge is 2.30. The van der Waals surface area contributed by atoms with Gasteiger partial charge in [0.25, 0.3) is 0 Å². The molecule has 10 heteroatoms. The van der Waals surface area contributed by atoms with Gasteiger partial charge < -0.3 is 14.6 Å². The first-order valence-electron chi connectivity index (χ1n) is 7.91. The Morgan fingerprint density at radius 3 is 2.56 bits per heavy atom. The van der Waals surface area contributed by atoms with Crippen LogP contribution in [0.1, 0.15) is 22.6 Å². The van der Waals surface area contributed by atoms with Crippen LogP contribution in [-0.2, 0) is 12.7 Å². The molecule has 2 heterocycles. The van der Waals surface area contributed by atoms with E-state index in [1.807, 2.05) is 0 Å². The third-order valence-electron chi connectivity index (χ3n) is 3.76. The highest BCUT2D eigenvalue weighted by molar-refractivity contribution is 5.61. The maximum absolute atomic E-state index is 12.8. The van der Waals surface area contributed by atoms with Gasteiger partial charge in [-0.05, 0) is 31.5 Å². The molecule has 27 heavy (non-hydrogen) atoms. The van der Waals surface area contributed by atoms with Crippen LogP contribution in [0.15, 0.2) is 28.8 Å². The number of nitrogens with zero attached hydrogens (tertiary/aromatic N) is 4. The number of hydrogen-bond acceptors (Lipinski definition) is 7. The summed E-state index contributed by atoms with van der Waals surface area (Å²) in [6.07, 6.45) is -4.40. The molecule has 0 atom stereocenters. The SMILES string of the molecule is COc1nc(NCc2cccc(C(F)(F)F)c2)nc(-c2c(C)noc2C)n1. The van der Waals surface area contributed by atoms with Gasteiger partial charge in [0.05, 0.1) is 23.9 Å². The molecule has 1 N–H and O–H groups in total. The lowest BCUT2D eigenvalue weighted by Gasteiger charge is -2.10. The minimum atomic E-state index is -4.40. The van der Waals surface area contributed by atoms with Gasteiger partial charge in [0.1, 0.15) is 5.76 Å².